The highest BCUT2D eigenvalue weighted by atomic mass is 16.4. The van der Waals surface area contributed by atoms with E-state index in [9.17, 15) is 9.90 Å². The summed E-state index contributed by atoms with van der Waals surface area (Å²) >= 11 is 0. The third-order valence-corrected chi connectivity index (χ3v) is 3.23. The van der Waals surface area contributed by atoms with Gasteiger partial charge in [0.25, 0.3) is 0 Å². The average molecular weight is 283 g/mol. The van der Waals surface area contributed by atoms with Gasteiger partial charge < -0.3 is 15.3 Å². The number of nitrogens with two attached hydrogens (primary N) is 1. The lowest BCUT2D eigenvalue weighted by Crippen LogP contribution is -2.25. The van der Waals surface area contributed by atoms with E-state index in [2.05, 4.69) is 10.5 Å². The molecule has 6 heteroatoms. The number of amides is 2. The zero-order valence-corrected chi connectivity index (χ0v) is 11.3. The molecule has 0 aliphatic carbocycles. The van der Waals surface area contributed by atoms with E-state index in [1.807, 2.05) is 24.3 Å². The Morgan fingerprint density at radius 3 is 2.81 bits per heavy atom. The summed E-state index contributed by atoms with van der Waals surface area (Å²) in [6, 6.07) is 9.99. The summed E-state index contributed by atoms with van der Waals surface area (Å²) in [4.78, 5) is 10.8. The third-order valence-electron chi connectivity index (χ3n) is 3.23. The van der Waals surface area contributed by atoms with Crippen molar-refractivity contribution < 1.29 is 14.3 Å². The van der Waals surface area contributed by atoms with Crippen molar-refractivity contribution in [1.82, 2.24) is 5.43 Å². The highest BCUT2D eigenvalue weighted by molar-refractivity contribution is 6.19. The molecule has 3 aromatic rings. The van der Waals surface area contributed by atoms with Crippen molar-refractivity contribution in [2.45, 2.75) is 6.92 Å². The number of hydrogen-bond donors (Lipinski definition) is 3. The van der Waals surface area contributed by atoms with Gasteiger partial charge in [0.05, 0.1) is 5.71 Å². The fourth-order valence-electron chi connectivity index (χ4n) is 2.32. The van der Waals surface area contributed by atoms with Gasteiger partial charge in [0.1, 0.15) is 5.58 Å². The van der Waals surface area contributed by atoms with Gasteiger partial charge in [0.2, 0.25) is 0 Å². The number of carbonyl (C=O) groups excluding carboxylic acids is 1. The predicted octanol–water partition coefficient (Wildman–Crippen LogP) is 2.68. The van der Waals surface area contributed by atoms with Crippen LogP contribution in [0, 0.1) is 0 Å². The van der Waals surface area contributed by atoms with Gasteiger partial charge in [-0.2, -0.15) is 5.10 Å². The summed E-state index contributed by atoms with van der Waals surface area (Å²) in [6.07, 6.45) is 0. The van der Waals surface area contributed by atoms with E-state index in [0.29, 0.717) is 16.9 Å². The van der Waals surface area contributed by atoms with Crippen LogP contribution in [0.2, 0.25) is 0 Å². The standard InChI is InChI=1S/C15H13N3O3/c1-8(17-18-15(16)20)9-6-7-11(19)14-13(9)10-4-2-3-5-12(10)21-14/h2-7,19H,1H3,(H3,16,18,20)/b17-8+. The van der Waals surface area contributed by atoms with Crippen molar-refractivity contribution >= 4 is 33.7 Å². The molecular weight excluding hydrogens is 270 g/mol. The summed E-state index contributed by atoms with van der Waals surface area (Å²) < 4.78 is 5.68. The molecule has 0 atom stereocenters. The van der Waals surface area contributed by atoms with Gasteiger partial charge in [-0.1, -0.05) is 18.2 Å². The molecule has 2 aromatic carbocycles. The number of para-hydroxylation sites is 1. The zero-order chi connectivity index (χ0) is 15.0. The van der Waals surface area contributed by atoms with Gasteiger partial charge in [0.15, 0.2) is 11.3 Å². The topological polar surface area (TPSA) is 101 Å². The number of urea groups is 1. The van der Waals surface area contributed by atoms with Crippen molar-refractivity contribution in [1.29, 1.82) is 0 Å². The van der Waals surface area contributed by atoms with Crippen LogP contribution in [0.3, 0.4) is 0 Å². The number of phenols is 1. The van der Waals surface area contributed by atoms with Crippen LogP contribution in [-0.4, -0.2) is 16.8 Å². The van der Waals surface area contributed by atoms with Gasteiger partial charge in [-0.3, -0.25) is 0 Å². The van der Waals surface area contributed by atoms with Crippen LogP contribution in [0.15, 0.2) is 45.9 Å². The van der Waals surface area contributed by atoms with E-state index < -0.39 is 6.03 Å². The number of primary amides is 1. The van der Waals surface area contributed by atoms with Gasteiger partial charge >= 0.3 is 6.03 Å². The number of fused-ring (bicyclic) bond motifs is 3. The quantitative estimate of drug-likeness (QED) is 0.498. The molecule has 4 N–H and O–H groups in total. The summed E-state index contributed by atoms with van der Waals surface area (Å²) in [5.41, 5.74) is 9.58. The lowest BCUT2D eigenvalue weighted by atomic mass is 10.0. The minimum Gasteiger partial charge on any atom is -0.504 e. The largest absolute Gasteiger partial charge is 0.504 e. The van der Waals surface area contributed by atoms with Crippen molar-refractivity contribution in [2.24, 2.45) is 10.8 Å². The number of aromatic hydroxyl groups is 1. The van der Waals surface area contributed by atoms with Crippen molar-refractivity contribution in [3.63, 3.8) is 0 Å². The lowest BCUT2D eigenvalue weighted by Gasteiger charge is -2.04. The van der Waals surface area contributed by atoms with Crippen molar-refractivity contribution in [2.75, 3.05) is 0 Å². The second kappa shape index (κ2) is 4.82. The van der Waals surface area contributed by atoms with Crippen LogP contribution in [-0.2, 0) is 0 Å². The molecule has 0 unspecified atom stereocenters. The Kier molecular flexibility index (Phi) is 2.98. The summed E-state index contributed by atoms with van der Waals surface area (Å²) in [7, 11) is 0. The van der Waals surface area contributed by atoms with E-state index in [1.165, 1.54) is 6.07 Å². The van der Waals surface area contributed by atoms with E-state index >= 15 is 0 Å². The smallest absolute Gasteiger partial charge is 0.332 e. The number of phenolic OH excluding ortho intramolecular Hbond substituents is 1. The molecule has 106 valence electrons. The summed E-state index contributed by atoms with van der Waals surface area (Å²) in [5.74, 6) is 0.0561. The first-order chi connectivity index (χ1) is 10.1. The first kappa shape index (κ1) is 13.0. The SMILES string of the molecule is C/C(=N\NC(N)=O)c1ccc(O)c2oc3ccccc3c12. The normalized spacial score (nSPS) is 12.0. The third kappa shape index (κ3) is 2.16. The maximum Gasteiger partial charge on any atom is 0.332 e. The van der Waals surface area contributed by atoms with E-state index in [-0.39, 0.29) is 5.75 Å². The number of furan rings is 1. The molecule has 0 bridgehead atoms. The molecule has 6 nitrogen and oxygen atoms in total. The second-order valence-electron chi connectivity index (χ2n) is 4.61. The molecule has 0 saturated carbocycles. The minimum absolute atomic E-state index is 0.0561. The van der Waals surface area contributed by atoms with Crippen LogP contribution >= 0.6 is 0 Å². The molecular formula is C15H13N3O3. The van der Waals surface area contributed by atoms with E-state index in [1.54, 1.807) is 13.0 Å². The fraction of sp³-hybridized carbons (Fsp3) is 0.0667. The Bertz CT molecular complexity index is 880. The number of nitrogens with zero attached hydrogens (tertiary/aromatic N) is 1. The number of benzene rings is 2. The van der Waals surface area contributed by atoms with Crippen LogP contribution < -0.4 is 11.2 Å². The molecule has 3 rings (SSSR count). The van der Waals surface area contributed by atoms with Gasteiger partial charge in [-0.15, -0.1) is 0 Å². The van der Waals surface area contributed by atoms with Crippen LogP contribution in [0.4, 0.5) is 4.79 Å². The fourth-order valence-corrected chi connectivity index (χ4v) is 2.32. The number of nitrogens with one attached hydrogen (secondary N) is 1. The molecule has 0 fully saturated rings. The molecule has 0 aliphatic rings. The van der Waals surface area contributed by atoms with Crippen molar-refractivity contribution in [3.8, 4) is 5.75 Å². The van der Waals surface area contributed by atoms with Crippen LogP contribution in [0.5, 0.6) is 5.75 Å². The number of hydrogen-bond acceptors (Lipinski definition) is 4. The Morgan fingerprint density at radius 1 is 1.29 bits per heavy atom. The Labute approximate surface area is 119 Å². The number of rotatable bonds is 2. The van der Waals surface area contributed by atoms with E-state index in [0.717, 1.165) is 16.3 Å². The Morgan fingerprint density at radius 2 is 2.05 bits per heavy atom. The molecule has 1 aromatic heterocycles. The molecule has 0 radical (unpaired) electrons. The molecule has 0 spiro atoms. The molecule has 2 amide bonds. The summed E-state index contributed by atoms with van der Waals surface area (Å²) in [6.45, 7) is 1.74. The number of carbonyl (C=O) groups is 1. The van der Waals surface area contributed by atoms with Gasteiger partial charge in [0, 0.05) is 16.3 Å². The first-order valence-electron chi connectivity index (χ1n) is 6.31. The van der Waals surface area contributed by atoms with Gasteiger partial charge in [-0.05, 0) is 25.1 Å². The minimum atomic E-state index is -0.735. The molecule has 21 heavy (non-hydrogen) atoms. The first-order valence-corrected chi connectivity index (χ1v) is 6.31. The predicted molar refractivity (Wildman–Crippen MR) is 80.3 cm³/mol. The van der Waals surface area contributed by atoms with Gasteiger partial charge in [-0.25, -0.2) is 10.2 Å². The van der Waals surface area contributed by atoms with Crippen LogP contribution in [0.25, 0.3) is 21.9 Å². The summed E-state index contributed by atoms with van der Waals surface area (Å²) in [5, 5.41) is 15.5. The Hall–Kier alpha value is -3.02. The molecule has 0 aliphatic heterocycles. The van der Waals surface area contributed by atoms with E-state index in [4.69, 9.17) is 10.2 Å². The lowest BCUT2D eigenvalue weighted by molar-refractivity contribution is 0.249. The Balaban J connectivity index is 2.30. The maximum absolute atomic E-state index is 10.8. The molecule has 1 heterocycles. The number of hydrazone groups is 1. The highest BCUT2D eigenvalue weighted by Crippen LogP contribution is 2.36. The average Bonchev–Trinajstić information content (AvgIpc) is 2.86. The molecule has 0 saturated heterocycles. The van der Waals surface area contributed by atoms with Crippen LogP contribution in [0.1, 0.15) is 12.5 Å². The second-order valence-corrected chi connectivity index (χ2v) is 4.61. The van der Waals surface area contributed by atoms with Crippen molar-refractivity contribution in [3.05, 3.63) is 42.0 Å². The zero-order valence-electron chi connectivity index (χ0n) is 11.3. The highest BCUT2D eigenvalue weighted by Gasteiger charge is 2.15. The maximum atomic E-state index is 10.8. The monoisotopic (exact) mass is 283 g/mol.